The van der Waals surface area contributed by atoms with Crippen molar-refractivity contribution in [2.45, 2.75) is 43.9 Å². The Balaban J connectivity index is 2.60. The molecular weight excluding hydrogens is 302 g/mol. The fraction of sp³-hybridized carbons (Fsp3) is 0.833. The number of carboxylic acids is 1. The number of esters is 1. The average molecular weight is 323 g/mol. The molecule has 2 N–H and O–H groups in total. The van der Waals surface area contributed by atoms with Crippen molar-refractivity contribution in [2.75, 3.05) is 19.8 Å². The zero-order valence-electron chi connectivity index (χ0n) is 11.9. The minimum atomic E-state index is -3.75. The average Bonchev–Trinajstić information content (AvgIpc) is 2.44. The van der Waals surface area contributed by atoms with Crippen LogP contribution >= 0.6 is 0 Å². The number of ether oxygens (including phenoxy) is 2. The maximum absolute atomic E-state index is 12.1. The molecular formula is C12H21NO7S. The summed E-state index contributed by atoms with van der Waals surface area (Å²) in [5.74, 6) is -1.86. The number of carboxylic acid groups (broad SMARTS) is 1. The van der Waals surface area contributed by atoms with Gasteiger partial charge in [-0.25, -0.2) is 13.1 Å². The molecule has 21 heavy (non-hydrogen) atoms. The minimum absolute atomic E-state index is 0.142. The van der Waals surface area contributed by atoms with Gasteiger partial charge in [-0.2, -0.15) is 0 Å². The van der Waals surface area contributed by atoms with E-state index in [0.29, 0.717) is 26.1 Å². The molecule has 0 aromatic rings. The third-order valence-electron chi connectivity index (χ3n) is 3.15. The first-order valence-corrected chi connectivity index (χ1v) is 8.38. The van der Waals surface area contributed by atoms with Crippen molar-refractivity contribution in [3.8, 4) is 0 Å². The first-order chi connectivity index (χ1) is 9.86. The maximum atomic E-state index is 12.1. The number of nitrogens with one attached hydrogen (secondary N) is 1. The third kappa shape index (κ3) is 5.98. The summed E-state index contributed by atoms with van der Waals surface area (Å²) >= 11 is 0. The van der Waals surface area contributed by atoms with Crippen LogP contribution in [0.2, 0.25) is 0 Å². The largest absolute Gasteiger partial charge is 0.480 e. The van der Waals surface area contributed by atoms with Crippen molar-refractivity contribution in [2.24, 2.45) is 0 Å². The van der Waals surface area contributed by atoms with E-state index in [9.17, 15) is 18.0 Å². The van der Waals surface area contributed by atoms with Gasteiger partial charge in [-0.1, -0.05) is 0 Å². The topological polar surface area (TPSA) is 119 Å². The van der Waals surface area contributed by atoms with Crippen LogP contribution in [0.4, 0.5) is 0 Å². The Labute approximate surface area is 123 Å². The summed E-state index contributed by atoms with van der Waals surface area (Å²) in [6.07, 6.45) is 0.372. The molecule has 1 rings (SSSR count). The van der Waals surface area contributed by atoms with Gasteiger partial charge in [0.1, 0.15) is 6.04 Å². The van der Waals surface area contributed by atoms with Crippen LogP contribution < -0.4 is 4.72 Å². The summed E-state index contributed by atoms with van der Waals surface area (Å²) < 4.78 is 36.2. The molecule has 0 aromatic heterocycles. The summed E-state index contributed by atoms with van der Waals surface area (Å²) in [7, 11) is -3.75. The molecule has 0 radical (unpaired) electrons. The van der Waals surface area contributed by atoms with Crippen molar-refractivity contribution in [3.63, 3.8) is 0 Å². The van der Waals surface area contributed by atoms with Gasteiger partial charge in [0, 0.05) is 19.6 Å². The lowest BCUT2D eigenvalue weighted by Crippen LogP contribution is -2.46. The molecule has 9 heteroatoms. The summed E-state index contributed by atoms with van der Waals surface area (Å²) in [6.45, 7) is 2.52. The molecule has 1 aliphatic rings. The van der Waals surface area contributed by atoms with Crippen LogP contribution in [0.3, 0.4) is 0 Å². The lowest BCUT2D eigenvalue weighted by Gasteiger charge is -2.24. The highest BCUT2D eigenvalue weighted by Crippen LogP contribution is 2.16. The molecule has 0 unspecified atom stereocenters. The smallest absolute Gasteiger partial charge is 0.321 e. The molecule has 1 atom stereocenters. The van der Waals surface area contributed by atoms with E-state index in [-0.39, 0.29) is 19.4 Å². The van der Waals surface area contributed by atoms with Gasteiger partial charge in [0.25, 0.3) is 0 Å². The lowest BCUT2D eigenvalue weighted by atomic mass is 10.2. The highest BCUT2D eigenvalue weighted by Gasteiger charge is 2.32. The molecule has 0 saturated carbocycles. The first-order valence-electron chi connectivity index (χ1n) is 6.84. The zero-order chi connectivity index (χ0) is 15.9. The SMILES string of the molecule is CCOC(=O)CC[C@H](NS(=O)(=O)C1CCOCC1)C(=O)O. The van der Waals surface area contributed by atoms with E-state index in [4.69, 9.17) is 14.6 Å². The molecule has 0 aromatic carbocycles. The van der Waals surface area contributed by atoms with Gasteiger partial charge in [0.05, 0.1) is 11.9 Å². The fourth-order valence-electron chi connectivity index (χ4n) is 2.01. The third-order valence-corrected chi connectivity index (χ3v) is 5.12. The molecule has 122 valence electrons. The summed E-state index contributed by atoms with van der Waals surface area (Å²) in [5.41, 5.74) is 0. The highest BCUT2D eigenvalue weighted by molar-refractivity contribution is 7.90. The van der Waals surface area contributed by atoms with Crippen LogP contribution in [-0.2, 0) is 29.1 Å². The van der Waals surface area contributed by atoms with Gasteiger partial charge in [0.15, 0.2) is 0 Å². The van der Waals surface area contributed by atoms with Gasteiger partial charge in [-0.05, 0) is 26.2 Å². The van der Waals surface area contributed by atoms with E-state index >= 15 is 0 Å². The Kier molecular flexibility index (Phi) is 7.06. The standard InChI is InChI=1S/C12H21NO7S/c1-2-20-11(14)4-3-10(12(15)16)13-21(17,18)9-5-7-19-8-6-9/h9-10,13H,2-8H2,1H3,(H,15,16)/t10-/m0/s1. The molecule has 1 heterocycles. The number of carbonyl (C=O) groups is 2. The zero-order valence-corrected chi connectivity index (χ0v) is 12.7. The van der Waals surface area contributed by atoms with E-state index < -0.39 is 33.3 Å². The molecule has 0 bridgehead atoms. The number of aliphatic carboxylic acids is 1. The molecule has 1 saturated heterocycles. The van der Waals surface area contributed by atoms with Crippen LogP contribution in [0, 0.1) is 0 Å². The second-order valence-electron chi connectivity index (χ2n) is 4.71. The number of sulfonamides is 1. The molecule has 0 spiro atoms. The molecule has 0 amide bonds. The van der Waals surface area contributed by atoms with E-state index in [1.54, 1.807) is 6.92 Å². The van der Waals surface area contributed by atoms with E-state index in [1.165, 1.54) is 0 Å². The predicted octanol–water partition coefficient (Wildman–Crippen LogP) is -0.119. The Hall–Kier alpha value is -1.19. The second kappa shape index (κ2) is 8.30. The Morgan fingerprint density at radius 2 is 2.00 bits per heavy atom. The van der Waals surface area contributed by atoms with Crippen molar-refractivity contribution < 1.29 is 32.6 Å². The van der Waals surface area contributed by atoms with Gasteiger partial charge in [-0.15, -0.1) is 0 Å². The van der Waals surface area contributed by atoms with E-state index in [2.05, 4.69) is 4.72 Å². The van der Waals surface area contributed by atoms with Crippen LogP contribution in [0.1, 0.15) is 32.6 Å². The van der Waals surface area contributed by atoms with Gasteiger partial charge in [0.2, 0.25) is 10.0 Å². The van der Waals surface area contributed by atoms with Crippen LogP contribution in [0.5, 0.6) is 0 Å². The highest BCUT2D eigenvalue weighted by atomic mass is 32.2. The molecule has 1 aliphatic heterocycles. The molecule has 1 fully saturated rings. The summed E-state index contributed by atoms with van der Waals surface area (Å²) in [5, 5.41) is 8.42. The monoisotopic (exact) mass is 323 g/mol. The van der Waals surface area contributed by atoms with Crippen LogP contribution in [0.25, 0.3) is 0 Å². The normalized spacial score (nSPS) is 18.1. The number of rotatable bonds is 8. The maximum Gasteiger partial charge on any atom is 0.321 e. The van der Waals surface area contributed by atoms with Gasteiger partial charge >= 0.3 is 11.9 Å². The summed E-state index contributed by atoms with van der Waals surface area (Å²) in [4.78, 5) is 22.4. The number of carbonyl (C=O) groups excluding carboxylic acids is 1. The Bertz CT molecular complexity index is 456. The van der Waals surface area contributed by atoms with Crippen molar-refractivity contribution >= 4 is 22.0 Å². The second-order valence-corrected chi connectivity index (χ2v) is 6.70. The number of hydrogen-bond donors (Lipinski definition) is 2. The van der Waals surface area contributed by atoms with Gasteiger partial charge in [-0.3, -0.25) is 9.59 Å². The molecule has 0 aliphatic carbocycles. The van der Waals surface area contributed by atoms with E-state index in [0.717, 1.165) is 0 Å². The van der Waals surface area contributed by atoms with Crippen LogP contribution in [-0.4, -0.2) is 56.6 Å². The first kappa shape index (κ1) is 17.9. The minimum Gasteiger partial charge on any atom is -0.480 e. The van der Waals surface area contributed by atoms with Crippen LogP contribution in [0.15, 0.2) is 0 Å². The predicted molar refractivity (Wildman–Crippen MR) is 73.2 cm³/mol. The Morgan fingerprint density at radius 1 is 1.38 bits per heavy atom. The van der Waals surface area contributed by atoms with Crippen molar-refractivity contribution in [1.29, 1.82) is 0 Å². The quantitative estimate of drug-likeness (QED) is 0.598. The summed E-state index contributed by atoms with van der Waals surface area (Å²) in [6, 6.07) is -1.33. The molecule has 8 nitrogen and oxygen atoms in total. The lowest BCUT2D eigenvalue weighted by molar-refractivity contribution is -0.144. The van der Waals surface area contributed by atoms with E-state index in [1.807, 2.05) is 0 Å². The number of hydrogen-bond acceptors (Lipinski definition) is 6. The van der Waals surface area contributed by atoms with Gasteiger partial charge < -0.3 is 14.6 Å². The van der Waals surface area contributed by atoms with Crippen molar-refractivity contribution in [3.05, 3.63) is 0 Å². The fourth-order valence-corrected chi connectivity index (χ4v) is 3.63. The Morgan fingerprint density at radius 3 is 2.52 bits per heavy atom. The van der Waals surface area contributed by atoms with Crippen molar-refractivity contribution in [1.82, 2.24) is 4.72 Å².